The van der Waals surface area contributed by atoms with Gasteiger partial charge in [-0.25, -0.2) is 0 Å². The van der Waals surface area contributed by atoms with Crippen molar-refractivity contribution in [1.82, 2.24) is 9.80 Å². The Hall–Kier alpha value is -0.710. The average molecular weight is 230 g/mol. The number of thiol groups is 1. The quantitative estimate of drug-likeness (QED) is 0.560. The summed E-state index contributed by atoms with van der Waals surface area (Å²) in [5.41, 5.74) is 0. The van der Waals surface area contributed by atoms with E-state index in [4.69, 9.17) is 0 Å². The third-order valence-corrected chi connectivity index (χ3v) is 2.87. The number of nitrogens with zero attached hydrogens (tertiary/aromatic N) is 2. The second-order valence-corrected chi connectivity index (χ2v) is 4.41. The predicted octanol–water partition coefficient (Wildman–Crippen LogP) is 0.386. The average Bonchev–Trinajstić information content (AvgIpc) is 2.20. The SMILES string of the molecule is CC(C)N1CCN(CCCS)C(=O)C1=O. The molecule has 1 aliphatic rings. The van der Waals surface area contributed by atoms with Crippen LogP contribution >= 0.6 is 12.6 Å². The summed E-state index contributed by atoms with van der Waals surface area (Å²) in [5.74, 6) is 0.0124. The summed E-state index contributed by atoms with van der Waals surface area (Å²) in [5, 5.41) is 0. The highest BCUT2D eigenvalue weighted by atomic mass is 32.1. The van der Waals surface area contributed by atoms with Crippen molar-refractivity contribution in [2.75, 3.05) is 25.4 Å². The second kappa shape index (κ2) is 5.39. The van der Waals surface area contributed by atoms with E-state index < -0.39 is 0 Å². The number of carbonyl (C=O) groups is 2. The Morgan fingerprint density at radius 2 is 1.93 bits per heavy atom. The summed E-state index contributed by atoms with van der Waals surface area (Å²) in [6.07, 6.45) is 0.837. The minimum Gasteiger partial charge on any atom is -0.333 e. The van der Waals surface area contributed by atoms with E-state index in [0.717, 1.165) is 12.2 Å². The highest BCUT2D eigenvalue weighted by molar-refractivity contribution is 7.80. The van der Waals surface area contributed by atoms with Crippen LogP contribution in [0.25, 0.3) is 0 Å². The molecule has 2 amide bonds. The molecule has 1 aliphatic heterocycles. The zero-order valence-corrected chi connectivity index (χ0v) is 10.2. The van der Waals surface area contributed by atoms with Gasteiger partial charge in [0.05, 0.1) is 0 Å². The summed E-state index contributed by atoms with van der Waals surface area (Å²) in [6.45, 7) is 5.79. The van der Waals surface area contributed by atoms with Crippen molar-refractivity contribution >= 4 is 24.4 Å². The molecule has 0 aromatic rings. The van der Waals surface area contributed by atoms with Gasteiger partial charge in [-0.1, -0.05) is 0 Å². The normalized spacial score (nSPS) is 17.9. The molecule has 0 radical (unpaired) electrons. The molecule has 5 heteroatoms. The van der Waals surface area contributed by atoms with E-state index in [2.05, 4.69) is 12.6 Å². The van der Waals surface area contributed by atoms with Gasteiger partial charge in [-0.3, -0.25) is 9.59 Å². The number of carbonyl (C=O) groups excluding carboxylic acids is 2. The number of hydrogen-bond donors (Lipinski definition) is 1. The van der Waals surface area contributed by atoms with Crippen LogP contribution in [-0.2, 0) is 9.59 Å². The molecule has 0 bridgehead atoms. The van der Waals surface area contributed by atoms with Gasteiger partial charge in [-0.2, -0.15) is 12.6 Å². The summed E-state index contributed by atoms with van der Waals surface area (Å²) < 4.78 is 0. The monoisotopic (exact) mass is 230 g/mol. The maximum atomic E-state index is 11.7. The van der Waals surface area contributed by atoms with Crippen LogP contribution in [0.3, 0.4) is 0 Å². The molecular weight excluding hydrogens is 212 g/mol. The molecule has 1 saturated heterocycles. The van der Waals surface area contributed by atoms with Crippen LogP contribution < -0.4 is 0 Å². The van der Waals surface area contributed by atoms with Gasteiger partial charge in [0.1, 0.15) is 0 Å². The zero-order valence-electron chi connectivity index (χ0n) is 9.27. The van der Waals surface area contributed by atoms with E-state index in [1.165, 1.54) is 0 Å². The molecule has 0 atom stereocenters. The molecule has 0 aromatic heterocycles. The van der Waals surface area contributed by atoms with Crippen molar-refractivity contribution in [3.63, 3.8) is 0 Å². The number of piperazine rings is 1. The van der Waals surface area contributed by atoms with E-state index in [9.17, 15) is 9.59 Å². The smallest absolute Gasteiger partial charge is 0.312 e. The van der Waals surface area contributed by atoms with E-state index >= 15 is 0 Å². The topological polar surface area (TPSA) is 40.6 Å². The van der Waals surface area contributed by atoms with Gasteiger partial charge in [0.2, 0.25) is 0 Å². The Morgan fingerprint density at radius 1 is 1.27 bits per heavy atom. The van der Waals surface area contributed by atoms with E-state index in [1.807, 2.05) is 13.8 Å². The summed E-state index contributed by atoms with van der Waals surface area (Å²) in [4.78, 5) is 26.6. The predicted molar refractivity (Wildman–Crippen MR) is 61.9 cm³/mol. The van der Waals surface area contributed by atoms with E-state index in [1.54, 1.807) is 9.80 Å². The van der Waals surface area contributed by atoms with Gasteiger partial charge >= 0.3 is 11.8 Å². The lowest BCUT2D eigenvalue weighted by atomic mass is 10.2. The van der Waals surface area contributed by atoms with Crippen molar-refractivity contribution in [3.8, 4) is 0 Å². The molecule has 1 fully saturated rings. The first kappa shape index (κ1) is 12.4. The highest BCUT2D eigenvalue weighted by Crippen LogP contribution is 2.09. The van der Waals surface area contributed by atoms with Gasteiger partial charge in [0, 0.05) is 25.7 Å². The van der Waals surface area contributed by atoms with Crippen molar-refractivity contribution in [3.05, 3.63) is 0 Å². The molecule has 86 valence electrons. The Kier molecular flexibility index (Phi) is 4.45. The first-order valence-corrected chi connectivity index (χ1v) is 5.92. The van der Waals surface area contributed by atoms with Crippen molar-refractivity contribution in [1.29, 1.82) is 0 Å². The van der Waals surface area contributed by atoms with E-state index in [-0.39, 0.29) is 17.9 Å². The van der Waals surface area contributed by atoms with Gasteiger partial charge in [-0.15, -0.1) is 0 Å². The molecule has 0 aliphatic carbocycles. The molecule has 0 saturated carbocycles. The number of rotatable bonds is 4. The van der Waals surface area contributed by atoms with E-state index in [0.29, 0.717) is 19.6 Å². The highest BCUT2D eigenvalue weighted by Gasteiger charge is 2.33. The summed E-state index contributed by atoms with van der Waals surface area (Å²) in [7, 11) is 0. The minimum absolute atomic E-state index is 0.105. The fraction of sp³-hybridized carbons (Fsp3) is 0.800. The Labute approximate surface area is 96.0 Å². The first-order chi connectivity index (χ1) is 7.07. The van der Waals surface area contributed by atoms with Gasteiger partial charge < -0.3 is 9.80 Å². The van der Waals surface area contributed by atoms with Gasteiger partial charge in [-0.05, 0) is 26.0 Å². The molecule has 4 nitrogen and oxygen atoms in total. The minimum atomic E-state index is -0.365. The van der Waals surface area contributed by atoms with Crippen LogP contribution in [-0.4, -0.2) is 53.0 Å². The molecule has 15 heavy (non-hydrogen) atoms. The fourth-order valence-electron chi connectivity index (χ4n) is 1.66. The summed E-state index contributed by atoms with van der Waals surface area (Å²) >= 11 is 4.09. The lowest BCUT2D eigenvalue weighted by molar-refractivity contribution is -0.157. The fourth-order valence-corrected chi connectivity index (χ4v) is 1.80. The zero-order chi connectivity index (χ0) is 11.4. The maximum absolute atomic E-state index is 11.7. The second-order valence-electron chi connectivity index (χ2n) is 3.96. The Balaban J connectivity index is 2.57. The van der Waals surface area contributed by atoms with Gasteiger partial charge in [0.25, 0.3) is 0 Å². The lowest BCUT2D eigenvalue weighted by Crippen LogP contribution is -2.56. The first-order valence-electron chi connectivity index (χ1n) is 5.28. The molecular formula is C10H18N2O2S. The Morgan fingerprint density at radius 3 is 2.47 bits per heavy atom. The lowest BCUT2D eigenvalue weighted by Gasteiger charge is -2.35. The van der Waals surface area contributed by atoms with Crippen LogP contribution in [0.4, 0.5) is 0 Å². The van der Waals surface area contributed by atoms with Crippen LogP contribution in [0.15, 0.2) is 0 Å². The molecule has 0 aromatic carbocycles. The molecule has 0 spiro atoms. The van der Waals surface area contributed by atoms with Crippen molar-refractivity contribution < 1.29 is 9.59 Å². The third-order valence-electron chi connectivity index (χ3n) is 2.55. The Bertz CT molecular complexity index is 256. The number of hydrogen-bond acceptors (Lipinski definition) is 3. The van der Waals surface area contributed by atoms with Crippen LogP contribution in [0.1, 0.15) is 20.3 Å². The maximum Gasteiger partial charge on any atom is 0.312 e. The molecule has 1 heterocycles. The van der Waals surface area contributed by atoms with Crippen molar-refractivity contribution in [2.24, 2.45) is 0 Å². The van der Waals surface area contributed by atoms with Crippen LogP contribution in [0.2, 0.25) is 0 Å². The third kappa shape index (κ3) is 2.87. The molecule has 1 rings (SSSR count). The standard InChI is InChI=1S/C10H18N2O2S/c1-8(2)12-6-5-11(4-3-7-15)9(13)10(12)14/h8,15H,3-7H2,1-2H3. The van der Waals surface area contributed by atoms with Gasteiger partial charge in [0.15, 0.2) is 0 Å². The molecule has 0 unspecified atom stereocenters. The summed E-state index contributed by atoms with van der Waals surface area (Å²) in [6, 6.07) is 0.105. The van der Waals surface area contributed by atoms with Crippen LogP contribution in [0, 0.1) is 0 Å². The van der Waals surface area contributed by atoms with Crippen LogP contribution in [0.5, 0.6) is 0 Å². The number of amides is 2. The molecule has 0 N–H and O–H groups in total. The largest absolute Gasteiger partial charge is 0.333 e. The van der Waals surface area contributed by atoms with Crippen molar-refractivity contribution in [2.45, 2.75) is 26.3 Å².